The Bertz CT molecular complexity index is 724. The molecule has 1 aromatic heterocycles. The third-order valence-electron chi connectivity index (χ3n) is 5.72. The number of nitrogens with one attached hydrogen (secondary N) is 1. The van der Waals surface area contributed by atoms with E-state index in [1.807, 2.05) is 31.3 Å². The van der Waals surface area contributed by atoms with E-state index in [2.05, 4.69) is 10.4 Å². The number of para-hydroxylation sites is 1. The fraction of sp³-hybridized carbons (Fsp3) is 0.556. The molecule has 0 radical (unpaired) electrons. The molecule has 5 heteroatoms. The first-order valence-corrected chi connectivity index (χ1v) is 8.61. The minimum atomic E-state index is -0.0552. The van der Waals surface area contributed by atoms with Crippen LogP contribution in [0, 0.1) is 11.8 Å². The number of carbonyl (C=O) groups excluding carboxylic acids is 1. The van der Waals surface area contributed by atoms with Crippen molar-refractivity contribution in [2.45, 2.75) is 44.2 Å². The first kappa shape index (κ1) is 14.7. The third-order valence-corrected chi connectivity index (χ3v) is 5.72. The summed E-state index contributed by atoms with van der Waals surface area (Å²) in [5.41, 5.74) is 7.85. The topological polar surface area (TPSA) is 72.9 Å². The lowest BCUT2D eigenvalue weighted by atomic mass is 9.67. The maximum absolute atomic E-state index is 12.7. The lowest BCUT2D eigenvalue weighted by molar-refractivity contribution is 0.0839. The maximum Gasteiger partial charge on any atom is 0.272 e. The van der Waals surface area contributed by atoms with Gasteiger partial charge in [0.25, 0.3) is 5.91 Å². The van der Waals surface area contributed by atoms with Crippen molar-refractivity contribution in [2.24, 2.45) is 24.6 Å². The van der Waals surface area contributed by atoms with Crippen molar-refractivity contribution in [1.82, 2.24) is 15.1 Å². The molecule has 0 spiro atoms. The van der Waals surface area contributed by atoms with E-state index in [1.54, 1.807) is 4.68 Å². The van der Waals surface area contributed by atoms with Crippen LogP contribution in [0.2, 0.25) is 0 Å². The monoisotopic (exact) mass is 312 g/mol. The van der Waals surface area contributed by atoms with Gasteiger partial charge in [-0.05, 0) is 43.6 Å². The summed E-state index contributed by atoms with van der Waals surface area (Å²) < 4.78 is 1.77. The van der Waals surface area contributed by atoms with Crippen LogP contribution in [0.1, 0.15) is 42.6 Å². The lowest BCUT2D eigenvalue weighted by Crippen LogP contribution is -2.52. The van der Waals surface area contributed by atoms with Gasteiger partial charge in [0, 0.05) is 24.5 Å². The van der Waals surface area contributed by atoms with Gasteiger partial charge in [0.2, 0.25) is 0 Å². The highest BCUT2D eigenvalue weighted by Gasteiger charge is 2.38. The molecule has 0 aliphatic heterocycles. The molecule has 122 valence electrons. The molecule has 4 atom stereocenters. The second-order valence-corrected chi connectivity index (χ2v) is 7.16. The van der Waals surface area contributed by atoms with E-state index in [1.165, 1.54) is 19.3 Å². The number of fused-ring (bicyclic) bond motifs is 3. The van der Waals surface area contributed by atoms with Crippen LogP contribution in [0.3, 0.4) is 0 Å². The number of hydrogen-bond acceptors (Lipinski definition) is 3. The van der Waals surface area contributed by atoms with Gasteiger partial charge in [0.1, 0.15) is 0 Å². The SMILES string of the molecule is Cn1nc(C(=O)NC2C[C@H]3CCC[C@@H](C2)C3N)c2ccccc21. The van der Waals surface area contributed by atoms with E-state index in [4.69, 9.17) is 5.73 Å². The molecule has 4 rings (SSSR count). The van der Waals surface area contributed by atoms with Crippen molar-refractivity contribution in [3.05, 3.63) is 30.0 Å². The molecule has 3 N–H and O–H groups in total. The van der Waals surface area contributed by atoms with Crippen molar-refractivity contribution >= 4 is 16.8 Å². The summed E-state index contributed by atoms with van der Waals surface area (Å²) in [6, 6.07) is 8.43. The summed E-state index contributed by atoms with van der Waals surface area (Å²) in [6.45, 7) is 0. The van der Waals surface area contributed by atoms with Crippen LogP contribution in [0.25, 0.3) is 10.9 Å². The van der Waals surface area contributed by atoms with Gasteiger partial charge in [-0.2, -0.15) is 5.10 Å². The van der Waals surface area contributed by atoms with Crippen molar-refractivity contribution in [3.63, 3.8) is 0 Å². The fourth-order valence-electron chi connectivity index (χ4n) is 4.54. The zero-order valence-corrected chi connectivity index (χ0v) is 13.5. The Morgan fingerprint density at radius 1 is 1.26 bits per heavy atom. The standard InChI is InChI=1S/C18H24N4O/c1-22-15-8-3-2-7-14(15)17(21-22)18(23)20-13-9-11-5-4-6-12(10-13)16(11)19/h2-3,7-8,11-13,16H,4-6,9-10,19H2,1H3,(H,20,23)/t11-,12+,13?,16?. The summed E-state index contributed by atoms with van der Waals surface area (Å²) in [5, 5.41) is 8.56. The highest BCUT2D eigenvalue weighted by atomic mass is 16.2. The molecule has 2 fully saturated rings. The molecule has 1 heterocycles. The number of benzene rings is 1. The van der Waals surface area contributed by atoms with Crippen LogP contribution in [-0.2, 0) is 7.05 Å². The van der Waals surface area contributed by atoms with Crippen molar-refractivity contribution in [3.8, 4) is 0 Å². The number of hydrogen-bond donors (Lipinski definition) is 2. The molecule has 5 nitrogen and oxygen atoms in total. The molecule has 2 saturated carbocycles. The van der Waals surface area contributed by atoms with Crippen LogP contribution in [0.4, 0.5) is 0 Å². The average Bonchev–Trinajstić information content (AvgIpc) is 2.86. The molecule has 2 aliphatic carbocycles. The quantitative estimate of drug-likeness (QED) is 0.893. The molecule has 23 heavy (non-hydrogen) atoms. The molecule has 2 bridgehead atoms. The van der Waals surface area contributed by atoms with E-state index in [-0.39, 0.29) is 11.9 Å². The van der Waals surface area contributed by atoms with E-state index in [0.717, 1.165) is 23.7 Å². The molecule has 1 aromatic carbocycles. The van der Waals surface area contributed by atoms with Crippen LogP contribution in [0.15, 0.2) is 24.3 Å². The zero-order valence-electron chi connectivity index (χ0n) is 13.5. The second-order valence-electron chi connectivity index (χ2n) is 7.16. The van der Waals surface area contributed by atoms with E-state index in [9.17, 15) is 4.79 Å². The third kappa shape index (κ3) is 2.53. The molecular weight excluding hydrogens is 288 g/mol. The van der Waals surface area contributed by atoms with Crippen LogP contribution in [-0.4, -0.2) is 27.8 Å². The maximum atomic E-state index is 12.7. The van der Waals surface area contributed by atoms with Gasteiger partial charge in [-0.25, -0.2) is 0 Å². The largest absolute Gasteiger partial charge is 0.348 e. The van der Waals surface area contributed by atoms with E-state index in [0.29, 0.717) is 23.6 Å². The Labute approximate surface area is 136 Å². The minimum Gasteiger partial charge on any atom is -0.348 e. The van der Waals surface area contributed by atoms with E-state index >= 15 is 0 Å². The van der Waals surface area contributed by atoms with Gasteiger partial charge in [-0.3, -0.25) is 9.48 Å². The zero-order chi connectivity index (χ0) is 16.0. The predicted molar refractivity (Wildman–Crippen MR) is 90.0 cm³/mol. The Morgan fingerprint density at radius 2 is 1.96 bits per heavy atom. The molecule has 2 aliphatic rings. The number of nitrogens with two attached hydrogens (primary N) is 1. The predicted octanol–water partition coefficient (Wildman–Crippen LogP) is 2.21. The number of aromatic nitrogens is 2. The Morgan fingerprint density at radius 3 is 2.70 bits per heavy atom. The van der Waals surface area contributed by atoms with Gasteiger partial charge in [0.05, 0.1) is 5.52 Å². The first-order chi connectivity index (χ1) is 11.1. The highest BCUT2D eigenvalue weighted by molar-refractivity contribution is 6.04. The number of nitrogens with zero attached hydrogens (tertiary/aromatic N) is 2. The van der Waals surface area contributed by atoms with Gasteiger partial charge >= 0.3 is 0 Å². The van der Waals surface area contributed by atoms with Gasteiger partial charge in [-0.1, -0.05) is 24.6 Å². The summed E-state index contributed by atoms with van der Waals surface area (Å²) in [7, 11) is 1.88. The van der Waals surface area contributed by atoms with Crippen LogP contribution >= 0.6 is 0 Å². The Kier molecular flexibility index (Phi) is 3.60. The number of carbonyl (C=O) groups is 1. The normalized spacial score (nSPS) is 30.3. The van der Waals surface area contributed by atoms with Crippen LogP contribution < -0.4 is 11.1 Å². The van der Waals surface area contributed by atoms with E-state index < -0.39 is 0 Å². The first-order valence-electron chi connectivity index (χ1n) is 8.61. The summed E-state index contributed by atoms with van der Waals surface area (Å²) in [6.07, 6.45) is 5.71. The minimum absolute atomic E-state index is 0.0552. The fourth-order valence-corrected chi connectivity index (χ4v) is 4.54. The second kappa shape index (κ2) is 5.64. The number of amides is 1. The summed E-state index contributed by atoms with van der Waals surface area (Å²) in [4.78, 5) is 12.7. The summed E-state index contributed by atoms with van der Waals surface area (Å²) in [5.74, 6) is 1.07. The van der Waals surface area contributed by atoms with Crippen LogP contribution in [0.5, 0.6) is 0 Å². The van der Waals surface area contributed by atoms with Crippen molar-refractivity contribution < 1.29 is 4.79 Å². The van der Waals surface area contributed by atoms with Gasteiger partial charge < -0.3 is 11.1 Å². The summed E-state index contributed by atoms with van der Waals surface area (Å²) >= 11 is 0. The molecule has 0 saturated heterocycles. The number of aryl methyl sites for hydroxylation is 1. The molecule has 2 unspecified atom stereocenters. The number of rotatable bonds is 2. The van der Waals surface area contributed by atoms with Crippen molar-refractivity contribution in [1.29, 1.82) is 0 Å². The molecular formula is C18H24N4O. The Hall–Kier alpha value is -1.88. The van der Waals surface area contributed by atoms with Crippen molar-refractivity contribution in [2.75, 3.05) is 0 Å². The molecule has 1 amide bonds. The average molecular weight is 312 g/mol. The van der Waals surface area contributed by atoms with Gasteiger partial charge in [-0.15, -0.1) is 0 Å². The van der Waals surface area contributed by atoms with Gasteiger partial charge in [0.15, 0.2) is 5.69 Å². The highest BCUT2D eigenvalue weighted by Crippen LogP contribution is 2.39. The Balaban J connectivity index is 1.54. The lowest BCUT2D eigenvalue weighted by Gasteiger charge is -2.44. The molecule has 2 aromatic rings. The smallest absolute Gasteiger partial charge is 0.272 e.